The largest absolute Gasteiger partial charge is 0.374 e. The Balaban J connectivity index is 2.62. The van der Waals surface area contributed by atoms with Gasteiger partial charge in [-0.3, -0.25) is 4.84 Å². The molecule has 0 bridgehead atoms. The third-order valence-corrected chi connectivity index (χ3v) is 2.07. The molecule has 0 saturated heterocycles. The third-order valence-electron chi connectivity index (χ3n) is 1.91. The molecule has 1 rings (SSSR count). The van der Waals surface area contributed by atoms with Crippen molar-refractivity contribution in [1.29, 1.82) is 0 Å². The van der Waals surface area contributed by atoms with Crippen LogP contribution in [0.3, 0.4) is 0 Å². The normalized spacial score (nSPS) is 9.93. The smallest absolute Gasteiger partial charge is 0.195 e. The zero-order valence-corrected chi connectivity index (χ0v) is 9.67. The van der Waals surface area contributed by atoms with E-state index in [4.69, 9.17) is 22.8 Å². The van der Waals surface area contributed by atoms with E-state index in [0.717, 1.165) is 18.5 Å². The first-order valence-electron chi connectivity index (χ1n) is 5.03. The van der Waals surface area contributed by atoms with Gasteiger partial charge >= 0.3 is 0 Å². The van der Waals surface area contributed by atoms with Gasteiger partial charge in [-0.25, -0.2) is 0 Å². The molecule has 0 aliphatic carbocycles. The highest BCUT2D eigenvalue weighted by Gasteiger charge is 2.08. The van der Waals surface area contributed by atoms with Crippen molar-refractivity contribution >= 4 is 23.0 Å². The lowest BCUT2D eigenvalue weighted by Gasteiger charge is -2.21. The van der Waals surface area contributed by atoms with Crippen LogP contribution in [0.15, 0.2) is 30.3 Å². The van der Waals surface area contributed by atoms with Crippen LogP contribution >= 0.6 is 12.2 Å². The van der Waals surface area contributed by atoms with Gasteiger partial charge in [0.05, 0.1) is 12.3 Å². The first kappa shape index (κ1) is 11.9. The highest BCUT2D eigenvalue weighted by Crippen LogP contribution is 2.13. The standard InChI is InChI=1S/C11H16N2OS/c1-2-3-9-14-13(11(12)15)10-7-5-4-6-8-10/h4-8H,2-3,9H2,1H3,(H2,12,15). The fourth-order valence-corrected chi connectivity index (χ4v) is 1.29. The lowest BCUT2D eigenvalue weighted by atomic mass is 10.3. The number of para-hydroxylation sites is 1. The zero-order chi connectivity index (χ0) is 11.1. The Labute approximate surface area is 95.8 Å². The minimum atomic E-state index is 0.234. The summed E-state index contributed by atoms with van der Waals surface area (Å²) in [6.45, 7) is 2.74. The Hall–Kier alpha value is -1.13. The maximum absolute atomic E-state index is 5.58. The van der Waals surface area contributed by atoms with Crippen molar-refractivity contribution < 1.29 is 4.84 Å². The monoisotopic (exact) mass is 224 g/mol. The molecule has 2 N–H and O–H groups in total. The van der Waals surface area contributed by atoms with Crippen molar-refractivity contribution in [2.45, 2.75) is 19.8 Å². The SMILES string of the molecule is CCCCON(C(N)=S)c1ccccc1. The molecule has 0 spiro atoms. The number of hydroxylamine groups is 1. The van der Waals surface area contributed by atoms with E-state index < -0.39 is 0 Å². The zero-order valence-electron chi connectivity index (χ0n) is 8.85. The molecule has 0 aliphatic rings. The molecule has 1 aromatic rings. The highest BCUT2D eigenvalue weighted by atomic mass is 32.1. The van der Waals surface area contributed by atoms with E-state index in [-0.39, 0.29) is 5.11 Å². The number of thiocarbonyl (C=S) groups is 1. The molecule has 3 nitrogen and oxygen atoms in total. The summed E-state index contributed by atoms with van der Waals surface area (Å²) in [4.78, 5) is 5.50. The predicted molar refractivity (Wildman–Crippen MR) is 66.6 cm³/mol. The molecule has 15 heavy (non-hydrogen) atoms. The van der Waals surface area contributed by atoms with Crippen molar-refractivity contribution in [3.63, 3.8) is 0 Å². The number of hydrogen-bond donors (Lipinski definition) is 1. The summed E-state index contributed by atoms with van der Waals surface area (Å²) >= 11 is 4.93. The molecule has 0 atom stereocenters. The molecular weight excluding hydrogens is 208 g/mol. The third kappa shape index (κ3) is 3.85. The van der Waals surface area contributed by atoms with Crippen LogP contribution < -0.4 is 10.8 Å². The predicted octanol–water partition coefficient (Wildman–Crippen LogP) is 2.47. The summed E-state index contributed by atoms with van der Waals surface area (Å²) in [5, 5.41) is 1.72. The highest BCUT2D eigenvalue weighted by molar-refractivity contribution is 7.80. The number of rotatable bonds is 5. The van der Waals surface area contributed by atoms with Gasteiger partial charge in [0.1, 0.15) is 0 Å². The van der Waals surface area contributed by atoms with Gasteiger partial charge in [0.15, 0.2) is 5.11 Å². The molecule has 0 fully saturated rings. The van der Waals surface area contributed by atoms with Crippen LogP contribution in [0.1, 0.15) is 19.8 Å². The Morgan fingerprint density at radius 1 is 1.40 bits per heavy atom. The minimum absolute atomic E-state index is 0.234. The summed E-state index contributed by atoms with van der Waals surface area (Å²) < 4.78 is 0. The summed E-state index contributed by atoms with van der Waals surface area (Å²) in [5.41, 5.74) is 6.45. The Morgan fingerprint density at radius 2 is 2.07 bits per heavy atom. The number of anilines is 1. The topological polar surface area (TPSA) is 38.5 Å². The van der Waals surface area contributed by atoms with Crippen molar-refractivity contribution in [3.05, 3.63) is 30.3 Å². The van der Waals surface area contributed by atoms with E-state index in [1.807, 2.05) is 30.3 Å². The van der Waals surface area contributed by atoms with Crippen molar-refractivity contribution in [2.24, 2.45) is 5.73 Å². The van der Waals surface area contributed by atoms with Gasteiger partial charge in [0.2, 0.25) is 0 Å². The Kier molecular flexibility index (Phi) is 5.07. The summed E-state index contributed by atoms with van der Waals surface area (Å²) in [5.74, 6) is 0. The second-order valence-electron chi connectivity index (χ2n) is 3.15. The van der Waals surface area contributed by atoms with Crippen LogP contribution in [0, 0.1) is 0 Å². The van der Waals surface area contributed by atoms with Crippen molar-refractivity contribution in [3.8, 4) is 0 Å². The van der Waals surface area contributed by atoms with Crippen molar-refractivity contribution in [2.75, 3.05) is 11.7 Å². The van der Waals surface area contributed by atoms with Crippen molar-refractivity contribution in [1.82, 2.24) is 0 Å². The quantitative estimate of drug-likeness (QED) is 0.474. The molecule has 0 saturated carbocycles. The van der Waals surface area contributed by atoms with Gasteiger partial charge in [0.25, 0.3) is 0 Å². The van der Waals surface area contributed by atoms with E-state index in [9.17, 15) is 0 Å². The van der Waals surface area contributed by atoms with Gasteiger partial charge < -0.3 is 5.73 Å². The number of nitrogens with two attached hydrogens (primary N) is 1. The van der Waals surface area contributed by atoms with E-state index in [1.165, 1.54) is 5.06 Å². The number of hydrogen-bond acceptors (Lipinski definition) is 2. The van der Waals surface area contributed by atoms with Gasteiger partial charge in [-0.05, 0) is 30.8 Å². The van der Waals surface area contributed by atoms with Crippen LogP contribution in [0.25, 0.3) is 0 Å². The molecular formula is C11H16N2OS. The second kappa shape index (κ2) is 6.37. The molecule has 0 amide bonds. The first-order valence-corrected chi connectivity index (χ1v) is 5.44. The van der Waals surface area contributed by atoms with Crippen LogP contribution in [0.4, 0.5) is 5.69 Å². The van der Waals surface area contributed by atoms with Gasteiger partial charge in [-0.1, -0.05) is 31.5 Å². The minimum Gasteiger partial charge on any atom is -0.374 e. The average Bonchev–Trinajstić information content (AvgIpc) is 2.25. The maximum atomic E-state index is 5.58. The lowest BCUT2D eigenvalue weighted by molar-refractivity contribution is 0.140. The maximum Gasteiger partial charge on any atom is 0.195 e. The van der Waals surface area contributed by atoms with E-state index >= 15 is 0 Å². The summed E-state index contributed by atoms with van der Waals surface area (Å²) in [6, 6.07) is 9.59. The Morgan fingerprint density at radius 3 is 2.60 bits per heavy atom. The average molecular weight is 224 g/mol. The van der Waals surface area contributed by atoms with E-state index in [0.29, 0.717) is 6.61 Å². The van der Waals surface area contributed by atoms with Gasteiger partial charge in [-0.2, -0.15) is 5.06 Å². The Bertz CT molecular complexity index is 303. The van der Waals surface area contributed by atoms with E-state index in [2.05, 4.69) is 6.92 Å². The molecule has 82 valence electrons. The second-order valence-corrected chi connectivity index (χ2v) is 3.57. The van der Waals surface area contributed by atoms with Gasteiger partial charge in [-0.15, -0.1) is 0 Å². The van der Waals surface area contributed by atoms with Crippen LogP contribution in [0.2, 0.25) is 0 Å². The summed E-state index contributed by atoms with van der Waals surface area (Å²) in [7, 11) is 0. The number of benzene rings is 1. The molecule has 1 aromatic carbocycles. The molecule has 0 aliphatic heterocycles. The fraction of sp³-hybridized carbons (Fsp3) is 0.364. The van der Waals surface area contributed by atoms with Gasteiger partial charge in [0, 0.05) is 0 Å². The molecule has 0 unspecified atom stereocenters. The fourth-order valence-electron chi connectivity index (χ4n) is 1.13. The first-order chi connectivity index (χ1) is 7.25. The van der Waals surface area contributed by atoms with Crippen LogP contribution in [0.5, 0.6) is 0 Å². The molecule has 4 heteroatoms. The van der Waals surface area contributed by atoms with Crippen LogP contribution in [-0.2, 0) is 4.84 Å². The molecule has 0 radical (unpaired) electrons. The number of unbranched alkanes of at least 4 members (excludes halogenated alkanes) is 1. The summed E-state index contributed by atoms with van der Waals surface area (Å²) in [6.07, 6.45) is 2.08. The van der Waals surface area contributed by atoms with Crippen LogP contribution in [-0.4, -0.2) is 11.7 Å². The number of nitrogens with zero attached hydrogens (tertiary/aromatic N) is 1. The lowest BCUT2D eigenvalue weighted by Crippen LogP contribution is -2.35. The molecule has 0 heterocycles. The molecule has 0 aromatic heterocycles. The van der Waals surface area contributed by atoms with E-state index in [1.54, 1.807) is 0 Å².